The molecule has 0 spiro atoms. The summed E-state index contributed by atoms with van der Waals surface area (Å²) in [6, 6.07) is 11.3. The summed E-state index contributed by atoms with van der Waals surface area (Å²) in [5.41, 5.74) is 0.891. The third-order valence-corrected chi connectivity index (χ3v) is 5.06. The number of hydrogen-bond donors (Lipinski definition) is 2. The molecule has 2 aromatic carbocycles. The van der Waals surface area contributed by atoms with Gasteiger partial charge >= 0.3 is 5.97 Å². The van der Waals surface area contributed by atoms with Gasteiger partial charge < -0.3 is 14.8 Å². The second kappa shape index (κ2) is 7.12. The molecule has 132 valence electrons. The monoisotopic (exact) mass is 362 g/mol. The molecule has 0 saturated carbocycles. The summed E-state index contributed by atoms with van der Waals surface area (Å²) >= 11 is 0. The minimum absolute atomic E-state index is 0.129. The van der Waals surface area contributed by atoms with Crippen molar-refractivity contribution in [2.24, 2.45) is 0 Å². The average molecular weight is 362 g/mol. The molecule has 0 unspecified atom stereocenters. The number of rotatable bonds is 4. The minimum atomic E-state index is -3.59. The molecule has 0 amide bonds. The molecule has 1 aliphatic heterocycles. The zero-order valence-corrected chi connectivity index (χ0v) is 14.4. The lowest BCUT2D eigenvalue weighted by Gasteiger charge is -2.11. The fourth-order valence-corrected chi connectivity index (χ4v) is 3.66. The minimum Gasteiger partial charge on any atom is -0.462 e. The van der Waals surface area contributed by atoms with Crippen LogP contribution in [0.1, 0.15) is 17.3 Å². The van der Waals surface area contributed by atoms with Crippen LogP contribution in [0.15, 0.2) is 47.4 Å². The van der Waals surface area contributed by atoms with Crippen LogP contribution in [0.25, 0.3) is 0 Å². The van der Waals surface area contributed by atoms with Gasteiger partial charge in [0.1, 0.15) is 16.4 Å². The van der Waals surface area contributed by atoms with Gasteiger partial charge in [0.05, 0.1) is 17.9 Å². The van der Waals surface area contributed by atoms with Crippen LogP contribution in [-0.2, 0) is 14.8 Å². The molecule has 0 aliphatic carbocycles. The second-order valence-corrected chi connectivity index (χ2v) is 7.07. The number of carbonyl (C=O) groups is 1. The number of esters is 1. The van der Waals surface area contributed by atoms with Crippen molar-refractivity contribution in [2.75, 3.05) is 25.0 Å². The van der Waals surface area contributed by atoms with Crippen LogP contribution >= 0.6 is 0 Å². The number of hydrogen-bond acceptors (Lipinski definition) is 6. The number of fused-ring (bicyclic) bond motifs is 1. The van der Waals surface area contributed by atoms with Crippen molar-refractivity contribution in [3.63, 3.8) is 0 Å². The van der Waals surface area contributed by atoms with E-state index in [2.05, 4.69) is 10.0 Å². The number of anilines is 1. The summed E-state index contributed by atoms with van der Waals surface area (Å²) < 4.78 is 37.7. The molecule has 1 heterocycles. The fourth-order valence-electron chi connectivity index (χ4n) is 2.43. The Morgan fingerprint density at radius 3 is 2.72 bits per heavy atom. The van der Waals surface area contributed by atoms with Gasteiger partial charge in [0.15, 0.2) is 0 Å². The molecule has 0 saturated heterocycles. The quantitative estimate of drug-likeness (QED) is 0.811. The predicted molar refractivity (Wildman–Crippen MR) is 92.6 cm³/mol. The first kappa shape index (κ1) is 17.2. The summed E-state index contributed by atoms with van der Waals surface area (Å²) in [4.78, 5) is 11.9. The van der Waals surface area contributed by atoms with Crippen molar-refractivity contribution in [1.82, 2.24) is 4.72 Å². The summed E-state index contributed by atoms with van der Waals surface area (Å²) in [6.07, 6.45) is 0. The Labute approximate surface area is 146 Å². The van der Waals surface area contributed by atoms with E-state index >= 15 is 0 Å². The van der Waals surface area contributed by atoms with Crippen LogP contribution in [0.3, 0.4) is 0 Å². The predicted octanol–water partition coefficient (Wildman–Crippen LogP) is 2.36. The van der Waals surface area contributed by atoms with E-state index in [1.54, 1.807) is 43.3 Å². The highest BCUT2D eigenvalue weighted by Gasteiger charge is 2.22. The van der Waals surface area contributed by atoms with Gasteiger partial charge in [0, 0.05) is 19.2 Å². The lowest BCUT2D eigenvalue weighted by Crippen LogP contribution is -2.25. The molecule has 7 nitrogen and oxygen atoms in total. The fraction of sp³-hybridized carbons (Fsp3) is 0.235. The Balaban J connectivity index is 1.88. The van der Waals surface area contributed by atoms with E-state index in [-0.39, 0.29) is 11.5 Å². The van der Waals surface area contributed by atoms with Crippen molar-refractivity contribution in [3.05, 3.63) is 48.0 Å². The van der Waals surface area contributed by atoms with E-state index in [0.717, 1.165) is 0 Å². The Morgan fingerprint density at radius 2 is 1.92 bits per heavy atom. The van der Waals surface area contributed by atoms with E-state index in [9.17, 15) is 13.2 Å². The molecule has 0 aromatic heterocycles. The van der Waals surface area contributed by atoms with Crippen LogP contribution in [0.4, 0.5) is 5.69 Å². The largest absolute Gasteiger partial charge is 0.462 e. The topological polar surface area (TPSA) is 93.7 Å². The van der Waals surface area contributed by atoms with E-state index in [4.69, 9.17) is 9.47 Å². The summed E-state index contributed by atoms with van der Waals surface area (Å²) in [6.45, 7) is 2.84. The molecule has 0 atom stereocenters. The Kier molecular flexibility index (Phi) is 4.91. The highest BCUT2D eigenvalue weighted by molar-refractivity contribution is 7.89. The molecule has 0 fully saturated rings. The number of benzene rings is 2. The van der Waals surface area contributed by atoms with E-state index < -0.39 is 16.0 Å². The lowest BCUT2D eigenvalue weighted by atomic mass is 10.2. The van der Waals surface area contributed by atoms with Gasteiger partial charge in [-0.2, -0.15) is 0 Å². The second-order valence-electron chi connectivity index (χ2n) is 5.33. The summed E-state index contributed by atoms with van der Waals surface area (Å²) in [7, 11) is -3.59. The van der Waals surface area contributed by atoms with E-state index in [0.29, 0.717) is 35.8 Å². The molecule has 3 rings (SSSR count). The molecule has 2 N–H and O–H groups in total. The number of sulfonamides is 1. The molecule has 1 aliphatic rings. The maximum Gasteiger partial charge on any atom is 0.338 e. The Bertz CT molecular complexity index is 896. The Morgan fingerprint density at radius 1 is 1.12 bits per heavy atom. The lowest BCUT2D eigenvalue weighted by molar-refractivity contribution is 0.0526. The van der Waals surface area contributed by atoms with Gasteiger partial charge in [0.25, 0.3) is 0 Å². The third-order valence-electron chi connectivity index (χ3n) is 3.56. The van der Waals surface area contributed by atoms with Crippen molar-refractivity contribution < 1.29 is 22.7 Å². The molecule has 0 radical (unpaired) electrons. The average Bonchev–Trinajstić information content (AvgIpc) is 2.74. The first-order valence-electron chi connectivity index (χ1n) is 7.82. The van der Waals surface area contributed by atoms with Crippen LogP contribution < -0.4 is 14.8 Å². The third kappa shape index (κ3) is 3.92. The van der Waals surface area contributed by atoms with Crippen molar-refractivity contribution in [2.45, 2.75) is 11.8 Å². The maximum atomic E-state index is 12.2. The molecule has 0 bridgehead atoms. The smallest absolute Gasteiger partial charge is 0.338 e. The van der Waals surface area contributed by atoms with Gasteiger partial charge in [-0.25, -0.2) is 17.9 Å². The highest BCUT2D eigenvalue weighted by atomic mass is 32.2. The van der Waals surface area contributed by atoms with Crippen LogP contribution in [-0.4, -0.2) is 34.1 Å². The van der Waals surface area contributed by atoms with Gasteiger partial charge in [0.2, 0.25) is 10.0 Å². The SMILES string of the molecule is CCOC(=O)c1cccc(Oc2ccc3c(c2)S(=O)(=O)NCCN3)c1. The Hall–Kier alpha value is -2.58. The standard InChI is InChI=1S/C17H18N2O5S/c1-2-23-17(20)12-4-3-5-13(10-12)24-14-6-7-15-16(11-14)25(21,22)19-9-8-18-15/h3-7,10-11,18-19H,2,8-9H2,1H3. The molecule has 8 heteroatoms. The number of nitrogens with one attached hydrogen (secondary N) is 2. The normalized spacial score (nSPS) is 15.4. The zero-order chi connectivity index (χ0) is 17.9. The zero-order valence-electron chi connectivity index (χ0n) is 13.6. The first-order valence-corrected chi connectivity index (χ1v) is 9.30. The molecule has 2 aromatic rings. The first-order chi connectivity index (χ1) is 12.0. The molecular formula is C17H18N2O5S. The van der Waals surface area contributed by atoms with Crippen molar-refractivity contribution in [1.29, 1.82) is 0 Å². The van der Waals surface area contributed by atoms with Gasteiger partial charge in [-0.3, -0.25) is 0 Å². The van der Waals surface area contributed by atoms with Crippen LogP contribution in [0, 0.1) is 0 Å². The summed E-state index contributed by atoms with van der Waals surface area (Å²) in [5, 5.41) is 3.05. The maximum absolute atomic E-state index is 12.2. The number of ether oxygens (including phenoxy) is 2. The van der Waals surface area contributed by atoms with Crippen molar-refractivity contribution in [3.8, 4) is 11.5 Å². The van der Waals surface area contributed by atoms with E-state index in [1.165, 1.54) is 6.07 Å². The van der Waals surface area contributed by atoms with Gasteiger partial charge in [-0.1, -0.05) is 6.07 Å². The van der Waals surface area contributed by atoms with Gasteiger partial charge in [-0.15, -0.1) is 0 Å². The van der Waals surface area contributed by atoms with Gasteiger partial charge in [-0.05, 0) is 37.3 Å². The molecular weight excluding hydrogens is 344 g/mol. The highest BCUT2D eigenvalue weighted by Crippen LogP contribution is 2.30. The van der Waals surface area contributed by atoms with Crippen LogP contribution in [0.5, 0.6) is 11.5 Å². The number of carbonyl (C=O) groups excluding carboxylic acids is 1. The summed E-state index contributed by atoms with van der Waals surface area (Å²) in [5.74, 6) is 0.331. The van der Waals surface area contributed by atoms with E-state index in [1.807, 2.05) is 0 Å². The molecule has 25 heavy (non-hydrogen) atoms. The van der Waals surface area contributed by atoms with Crippen LogP contribution in [0.2, 0.25) is 0 Å². The van der Waals surface area contributed by atoms with Crippen molar-refractivity contribution >= 4 is 21.7 Å².